The molecule has 0 aromatic heterocycles. The van der Waals surface area contributed by atoms with Crippen molar-refractivity contribution in [3.8, 4) is 5.75 Å². The van der Waals surface area contributed by atoms with Crippen molar-refractivity contribution in [2.75, 3.05) is 13.1 Å². The smallest absolute Gasteiger partial charge is 0.410 e. The van der Waals surface area contributed by atoms with Crippen LogP contribution in [0.2, 0.25) is 0 Å². The van der Waals surface area contributed by atoms with Crippen molar-refractivity contribution in [2.45, 2.75) is 38.9 Å². The lowest BCUT2D eigenvalue weighted by Gasteiger charge is -2.24. The van der Waals surface area contributed by atoms with Gasteiger partial charge in [-0.2, -0.15) is 0 Å². The van der Waals surface area contributed by atoms with Gasteiger partial charge >= 0.3 is 6.09 Å². The Morgan fingerprint density at radius 1 is 1.33 bits per heavy atom. The van der Waals surface area contributed by atoms with Crippen molar-refractivity contribution < 1.29 is 23.0 Å². The Bertz CT molecular complexity index is 528. The number of amides is 1. The zero-order valence-electron chi connectivity index (χ0n) is 12.4. The van der Waals surface area contributed by atoms with Crippen LogP contribution in [0.4, 0.5) is 13.6 Å². The van der Waals surface area contributed by atoms with Crippen LogP contribution in [-0.2, 0) is 4.74 Å². The Morgan fingerprint density at radius 3 is 2.71 bits per heavy atom. The molecule has 0 aliphatic carbocycles. The number of hydrogen-bond acceptors (Lipinski definition) is 3. The molecule has 21 heavy (non-hydrogen) atoms. The van der Waals surface area contributed by atoms with E-state index < -0.39 is 23.3 Å². The first-order valence-corrected chi connectivity index (χ1v) is 6.84. The lowest BCUT2D eigenvalue weighted by molar-refractivity contribution is 0.0275. The molecule has 1 aromatic carbocycles. The van der Waals surface area contributed by atoms with E-state index >= 15 is 0 Å². The molecule has 6 heteroatoms. The second-order valence-electron chi connectivity index (χ2n) is 6.03. The van der Waals surface area contributed by atoms with E-state index in [1.54, 1.807) is 20.8 Å². The zero-order valence-corrected chi connectivity index (χ0v) is 12.4. The van der Waals surface area contributed by atoms with Crippen molar-refractivity contribution in [1.29, 1.82) is 0 Å². The molecule has 1 atom stereocenters. The highest BCUT2D eigenvalue weighted by molar-refractivity contribution is 5.68. The number of carbonyl (C=O) groups excluding carboxylic acids is 1. The predicted octanol–water partition coefficient (Wildman–Crippen LogP) is 3.35. The lowest BCUT2D eigenvalue weighted by atomic mass is 10.2. The number of hydrogen-bond donors (Lipinski definition) is 0. The molecule has 0 unspecified atom stereocenters. The van der Waals surface area contributed by atoms with Crippen LogP contribution < -0.4 is 4.74 Å². The summed E-state index contributed by atoms with van der Waals surface area (Å²) >= 11 is 0. The first-order valence-electron chi connectivity index (χ1n) is 6.84. The van der Waals surface area contributed by atoms with Gasteiger partial charge in [0.25, 0.3) is 0 Å². The van der Waals surface area contributed by atoms with E-state index in [4.69, 9.17) is 9.47 Å². The van der Waals surface area contributed by atoms with E-state index in [0.717, 1.165) is 18.2 Å². The normalized spacial score (nSPS) is 18.7. The fourth-order valence-electron chi connectivity index (χ4n) is 2.06. The summed E-state index contributed by atoms with van der Waals surface area (Å²) in [7, 11) is 0. The van der Waals surface area contributed by atoms with Crippen LogP contribution in [0.15, 0.2) is 18.2 Å². The third-order valence-electron chi connectivity index (χ3n) is 2.98. The molecular formula is C15H19F2NO3. The molecule has 1 aliphatic heterocycles. The molecule has 0 spiro atoms. The van der Waals surface area contributed by atoms with Gasteiger partial charge in [-0.05, 0) is 32.9 Å². The van der Waals surface area contributed by atoms with Crippen molar-refractivity contribution in [3.63, 3.8) is 0 Å². The van der Waals surface area contributed by atoms with Gasteiger partial charge in [0, 0.05) is 19.0 Å². The highest BCUT2D eigenvalue weighted by atomic mass is 19.1. The molecule has 2 rings (SSSR count). The SMILES string of the molecule is CC(C)(C)OC(=O)N1CC[C@@H](Oc2cc(F)ccc2F)C1. The van der Waals surface area contributed by atoms with Gasteiger partial charge in [0.1, 0.15) is 17.5 Å². The van der Waals surface area contributed by atoms with E-state index in [-0.39, 0.29) is 11.9 Å². The molecule has 116 valence electrons. The summed E-state index contributed by atoms with van der Waals surface area (Å²) in [4.78, 5) is 13.4. The first kappa shape index (κ1) is 15.5. The van der Waals surface area contributed by atoms with Gasteiger partial charge in [0.15, 0.2) is 11.6 Å². The Labute approximate surface area is 122 Å². The molecule has 4 nitrogen and oxygen atoms in total. The summed E-state index contributed by atoms with van der Waals surface area (Å²) in [5.41, 5.74) is -0.565. The molecule has 1 aromatic rings. The molecule has 1 saturated heterocycles. The summed E-state index contributed by atoms with van der Waals surface area (Å²) in [5.74, 6) is -1.31. The summed E-state index contributed by atoms with van der Waals surface area (Å²) in [6.45, 7) is 6.13. The molecule has 0 N–H and O–H groups in total. The largest absolute Gasteiger partial charge is 0.485 e. The highest BCUT2D eigenvalue weighted by Crippen LogP contribution is 2.23. The van der Waals surface area contributed by atoms with Gasteiger partial charge in [-0.25, -0.2) is 13.6 Å². The topological polar surface area (TPSA) is 38.8 Å². The van der Waals surface area contributed by atoms with E-state index in [0.29, 0.717) is 19.5 Å². The molecule has 0 bridgehead atoms. The number of likely N-dealkylation sites (tertiary alicyclic amines) is 1. The summed E-state index contributed by atoms with van der Waals surface area (Å²) < 4.78 is 37.3. The second kappa shape index (κ2) is 5.87. The summed E-state index contributed by atoms with van der Waals surface area (Å²) in [5, 5.41) is 0. The summed E-state index contributed by atoms with van der Waals surface area (Å²) in [6, 6.07) is 3.06. The average molecular weight is 299 g/mol. The molecule has 1 amide bonds. The average Bonchev–Trinajstić information content (AvgIpc) is 2.80. The monoisotopic (exact) mass is 299 g/mol. The van der Waals surface area contributed by atoms with E-state index in [2.05, 4.69) is 0 Å². The number of halogens is 2. The number of nitrogens with zero attached hydrogens (tertiary/aromatic N) is 1. The van der Waals surface area contributed by atoms with E-state index in [1.807, 2.05) is 0 Å². The molecule has 1 heterocycles. The quantitative estimate of drug-likeness (QED) is 0.840. The number of benzene rings is 1. The lowest BCUT2D eigenvalue weighted by Crippen LogP contribution is -2.36. The maximum atomic E-state index is 13.5. The fourth-order valence-corrected chi connectivity index (χ4v) is 2.06. The van der Waals surface area contributed by atoms with Gasteiger partial charge < -0.3 is 14.4 Å². The molecule has 0 saturated carbocycles. The van der Waals surface area contributed by atoms with Crippen molar-refractivity contribution in [3.05, 3.63) is 29.8 Å². The molecule has 1 fully saturated rings. The first-order chi connectivity index (χ1) is 9.74. The van der Waals surface area contributed by atoms with Gasteiger partial charge in [-0.3, -0.25) is 0 Å². The van der Waals surface area contributed by atoms with Gasteiger partial charge in [0.05, 0.1) is 6.54 Å². The number of rotatable bonds is 2. The third kappa shape index (κ3) is 4.31. The summed E-state index contributed by atoms with van der Waals surface area (Å²) in [6.07, 6.45) is -0.239. The number of carbonyl (C=O) groups is 1. The van der Waals surface area contributed by atoms with Crippen LogP contribution >= 0.6 is 0 Å². The van der Waals surface area contributed by atoms with Gasteiger partial charge in [0.2, 0.25) is 0 Å². The van der Waals surface area contributed by atoms with Crippen LogP contribution in [0.25, 0.3) is 0 Å². The Kier molecular flexibility index (Phi) is 4.34. The third-order valence-corrected chi connectivity index (χ3v) is 2.98. The maximum absolute atomic E-state index is 13.5. The minimum Gasteiger partial charge on any atom is -0.485 e. The second-order valence-corrected chi connectivity index (χ2v) is 6.03. The molecular weight excluding hydrogens is 280 g/mol. The van der Waals surface area contributed by atoms with Crippen LogP contribution in [0.3, 0.4) is 0 Å². The Morgan fingerprint density at radius 2 is 2.05 bits per heavy atom. The molecule has 0 radical (unpaired) electrons. The van der Waals surface area contributed by atoms with E-state index in [9.17, 15) is 13.6 Å². The number of ether oxygens (including phenoxy) is 2. The Hall–Kier alpha value is -1.85. The van der Waals surface area contributed by atoms with Crippen LogP contribution in [0, 0.1) is 11.6 Å². The van der Waals surface area contributed by atoms with Gasteiger partial charge in [-0.15, -0.1) is 0 Å². The van der Waals surface area contributed by atoms with Crippen molar-refractivity contribution >= 4 is 6.09 Å². The standard InChI is InChI=1S/C15H19F2NO3/c1-15(2,3)21-14(19)18-7-6-11(9-18)20-13-8-10(16)4-5-12(13)17/h4-5,8,11H,6-7,9H2,1-3H3/t11-/m1/s1. The van der Waals surface area contributed by atoms with Crippen molar-refractivity contribution in [2.24, 2.45) is 0 Å². The fraction of sp³-hybridized carbons (Fsp3) is 0.533. The van der Waals surface area contributed by atoms with E-state index in [1.165, 1.54) is 4.90 Å². The zero-order chi connectivity index (χ0) is 15.6. The minimum atomic E-state index is -0.618. The predicted molar refractivity (Wildman–Crippen MR) is 73.2 cm³/mol. The van der Waals surface area contributed by atoms with Crippen LogP contribution in [0.5, 0.6) is 5.75 Å². The maximum Gasteiger partial charge on any atom is 0.410 e. The highest BCUT2D eigenvalue weighted by Gasteiger charge is 2.31. The van der Waals surface area contributed by atoms with Crippen LogP contribution in [-0.4, -0.2) is 35.8 Å². The molecule has 1 aliphatic rings. The Balaban J connectivity index is 1.93. The van der Waals surface area contributed by atoms with Crippen molar-refractivity contribution in [1.82, 2.24) is 4.90 Å². The van der Waals surface area contributed by atoms with Crippen LogP contribution in [0.1, 0.15) is 27.2 Å². The minimum absolute atomic E-state index is 0.133. The van der Waals surface area contributed by atoms with Gasteiger partial charge in [-0.1, -0.05) is 0 Å².